The zero-order chi connectivity index (χ0) is 16.9. The molecule has 0 saturated carbocycles. The summed E-state index contributed by atoms with van der Waals surface area (Å²) in [6.45, 7) is 2.26. The van der Waals surface area contributed by atoms with Crippen LogP contribution in [0.3, 0.4) is 0 Å². The number of nitrogens with zero attached hydrogens (tertiary/aromatic N) is 3. The van der Waals surface area contributed by atoms with Crippen LogP contribution >= 0.6 is 0 Å². The molecule has 0 radical (unpaired) electrons. The van der Waals surface area contributed by atoms with Crippen molar-refractivity contribution < 1.29 is 9.18 Å². The van der Waals surface area contributed by atoms with Crippen molar-refractivity contribution in [2.75, 3.05) is 6.54 Å². The number of halogens is 1. The second-order valence-electron chi connectivity index (χ2n) is 5.49. The summed E-state index contributed by atoms with van der Waals surface area (Å²) in [7, 11) is 0. The maximum absolute atomic E-state index is 13.1. The summed E-state index contributed by atoms with van der Waals surface area (Å²) in [5.41, 5.74) is 1.57. The number of amides is 2. The van der Waals surface area contributed by atoms with Crippen molar-refractivity contribution in [3.05, 3.63) is 65.9 Å². The fourth-order valence-corrected chi connectivity index (χ4v) is 2.48. The molecule has 0 aliphatic heterocycles. The first-order chi connectivity index (χ1) is 11.6. The Hall–Kier alpha value is -2.96. The lowest BCUT2D eigenvalue weighted by Crippen LogP contribution is -2.38. The van der Waals surface area contributed by atoms with Crippen molar-refractivity contribution in [3.8, 4) is 0 Å². The second-order valence-corrected chi connectivity index (χ2v) is 5.49. The van der Waals surface area contributed by atoms with E-state index in [1.807, 2.05) is 41.8 Å². The summed E-state index contributed by atoms with van der Waals surface area (Å²) in [5.74, 6) is 0.384. The van der Waals surface area contributed by atoms with Crippen LogP contribution in [-0.2, 0) is 6.42 Å². The van der Waals surface area contributed by atoms with Gasteiger partial charge in [-0.25, -0.2) is 9.18 Å². The Bertz CT molecular complexity index is 848. The second kappa shape index (κ2) is 7.08. The molecule has 1 unspecified atom stereocenters. The van der Waals surface area contributed by atoms with Gasteiger partial charge < -0.3 is 10.6 Å². The van der Waals surface area contributed by atoms with Crippen LogP contribution < -0.4 is 10.6 Å². The quantitative estimate of drug-likeness (QED) is 0.756. The number of nitrogens with one attached hydrogen (secondary N) is 2. The van der Waals surface area contributed by atoms with Crippen molar-refractivity contribution in [2.45, 2.75) is 19.4 Å². The van der Waals surface area contributed by atoms with Gasteiger partial charge in [0.1, 0.15) is 5.82 Å². The summed E-state index contributed by atoms with van der Waals surface area (Å²) in [6.07, 6.45) is 2.41. The molecule has 0 saturated heterocycles. The number of carbonyl (C=O) groups is 1. The van der Waals surface area contributed by atoms with E-state index in [1.165, 1.54) is 12.1 Å². The van der Waals surface area contributed by atoms with Gasteiger partial charge in [-0.1, -0.05) is 18.2 Å². The topological polar surface area (TPSA) is 71.3 Å². The van der Waals surface area contributed by atoms with E-state index in [9.17, 15) is 9.18 Å². The van der Waals surface area contributed by atoms with Gasteiger partial charge >= 0.3 is 6.03 Å². The predicted octanol–water partition coefficient (Wildman–Crippen LogP) is 2.47. The molecule has 2 amide bonds. The van der Waals surface area contributed by atoms with Gasteiger partial charge in [-0.3, -0.25) is 4.40 Å². The van der Waals surface area contributed by atoms with Crippen LogP contribution in [0.25, 0.3) is 5.65 Å². The third-order valence-electron chi connectivity index (χ3n) is 3.66. The van der Waals surface area contributed by atoms with Crippen LogP contribution in [-0.4, -0.2) is 27.2 Å². The molecule has 0 aliphatic rings. The lowest BCUT2D eigenvalue weighted by atomic mass is 10.1. The standard InChI is InChI=1S/C17H18FN5O/c1-12(16-22-21-15-7-2-3-10-23(15)16)20-17(24)19-9-8-13-5-4-6-14(18)11-13/h2-7,10-12H,8-9H2,1H3,(H2,19,20,24). The molecule has 3 aromatic rings. The maximum atomic E-state index is 13.1. The molecule has 2 heterocycles. The highest BCUT2D eigenvalue weighted by molar-refractivity contribution is 5.74. The minimum Gasteiger partial charge on any atom is -0.338 e. The maximum Gasteiger partial charge on any atom is 0.315 e. The first-order valence-electron chi connectivity index (χ1n) is 7.72. The normalized spacial score (nSPS) is 12.1. The Morgan fingerprint density at radius 2 is 2.12 bits per heavy atom. The zero-order valence-corrected chi connectivity index (χ0v) is 13.2. The van der Waals surface area contributed by atoms with E-state index < -0.39 is 0 Å². The molecule has 0 spiro atoms. The van der Waals surface area contributed by atoms with E-state index in [4.69, 9.17) is 0 Å². The van der Waals surface area contributed by atoms with Crippen LogP contribution in [0, 0.1) is 5.82 Å². The van der Waals surface area contributed by atoms with E-state index in [0.717, 1.165) is 11.2 Å². The van der Waals surface area contributed by atoms with E-state index in [-0.39, 0.29) is 17.9 Å². The van der Waals surface area contributed by atoms with Crippen molar-refractivity contribution in [1.29, 1.82) is 0 Å². The van der Waals surface area contributed by atoms with Crippen LogP contribution in [0.4, 0.5) is 9.18 Å². The summed E-state index contributed by atoms with van der Waals surface area (Å²) in [6, 6.07) is 11.4. The summed E-state index contributed by atoms with van der Waals surface area (Å²) in [4.78, 5) is 12.0. The molecule has 7 heteroatoms. The lowest BCUT2D eigenvalue weighted by molar-refractivity contribution is 0.237. The smallest absolute Gasteiger partial charge is 0.315 e. The fraction of sp³-hybridized carbons (Fsp3) is 0.235. The monoisotopic (exact) mass is 327 g/mol. The van der Waals surface area contributed by atoms with Gasteiger partial charge in [0, 0.05) is 12.7 Å². The van der Waals surface area contributed by atoms with Crippen LogP contribution in [0.15, 0.2) is 48.7 Å². The van der Waals surface area contributed by atoms with Crippen molar-refractivity contribution >= 4 is 11.7 Å². The highest BCUT2D eigenvalue weighted by atomic mass is 19.1. The van der Waals surface area contributed by atoms with Crippen LogP contribution in [0.5, 0.6) is 0 Å². The van der Waals surface area contributed by atoms with Gasteiger partial charge in [0.05, 0.1) is 6.04 Å². The van der Waals surface area contributed by atoms with Gasteiger partial charge in [-0.05, 0) is 43.2 Å². The van der Waals surface area contributed by atoms with E-state index >= 15 is 0 Å². The number of pyridine rings is 1. The molecule has 1 atom stereocenters. The summed E-state index contributed by atoms with van der Waals surface area (Å²) >= 11 is 0. The molecule has 6 nitrogen and oxygen atoms in total. The van der Waals surface area contributed by atoms with E-state index in [1.54, 1.807) is 6.07 Å². The average molecular weight is 327 g/mol. The number of urea groups is 1. The Morgan fingerprint density at radius 3 is 2.96 bits per heavy atom. The minimum atomic E-state index is -0.299. The largest absolute Gasteiger partial charge is 0.338 e. The van der Waals surface area contributed by atoms with Crippen LogP contribution in [0.1, 0.15) is 24.4 Å². The number of aromatic nitrogens is 3. The van der Waals surface area contributed by atoms with Crippen molar-refractivity contribution in [2.24, 2.45) is 0 Å². The molecule has 24 heavy (non-hydrogen) atoms. The highest BCUT2D eigenvalue weighted by Crippen LogP contribution is 2.11. The van der Waals surface area contributed by atoms with Crippen molar-refractivity contribution in [1.82, 2.24) is 25.2 Å². The lowest BCUT2D eigenvalue weighted by Gasteiger charge is -2.13. The molecule has 1 aromatic carbocycles. The summed E-state index contributed by atoms with van der Waals surface area (Å²) < 4.78 is 14.9. The van der Waals surface area contributed by atoms with Crippen molar-refractivity contribution in [3.63, 3.8) is 0 Å². The molecule has 2 aromatic heterocycles. The van der Waals surface area contributed by atoms with E-state index in [0.29, 0.717) is 18.8 Å². The SMILES string of the molecule is CC(NC(=O)NCCc1cccc(F)c1)c1nnc2ccccn12. The molecule has 124 valence electrons. The molecule has 2 N–H and O–H groups in total. The van der Waals surface area contributed by atoms with Crippen LogP contribution in [0.2, 0.25) is 0 Å². The number of carbonyl (C=O) groups excluding carboxylic acids is 1. The molecular formula is C17H18FN5O. The highest BCUT2D eigenvalue weighted by Gasteiger charge is 2.15. The first-order valence-corrected chi connectivity index (χ1v) is 7.72. The Balaban J connectivity index is 1.53. The molecule has 3 rings (SSSR count). The number of hydrogen-bond acceptors (Lipinski definition) is 3. The Kier molecular flexibility index (Phi) is 4.69. The van der Waals surface area contributed by atoms with Gasteiger partial charge in [0.15, 0.2) is 11.5 Å². The third-order valence-corrected chi connectivity index (χ3v) is 3.66. The third kappa shape index (κ3) is 3.68. The number of benzene rings is 1. The van der Waals surface area contributed by atoms with E-state index in [2.05, 4.69) is 20.8 Å². The Morgan fingerprint density at radius 1 is 1.25 bits per heavy atom. The molecule has 0 aliphatic carbocycles. The molecule has 0 bridgehead atoms. The van der Waals surface area contributed by atoms with Gasteiger partial charge in [0.2, 0.25) is 0 Å². The number of hydrogen-bond donors (Lipinski definition) is 2. The average Bonchev–Trinajstić information content (AvgIpc) is 2.99. The Labute approximate surface area is 138 Å². The molecular weight excluding hydrogens is 309 g/mol. The molecule has 0 fully saturated rings. The zero-order valence-electron chi connectivity index (χ0n) is 13.2. The number of rotatable bonds is 5. The van der Waals surface area contributed by atoms with Gasteiger partial charge in [0.25, 0.3) is 0 Å². The minimum absolute atomic E-state index is 0.274. The van der Waals surface area contributed by atoms with Gasteiger partial charge in [-0.15, -0.1) is 10.2 Å². The fourth-order valence-electron chi connectivity index (χ4n) is 2.48. The first kappa shape index (κ1) is 15.9. The number of fused-ring (bicyclic) bond motifs is 1. The van der Waals surface area contributed by atoms with Gasteiger partial charge in [-0.2, -0.15) is 0 Å². The predicted molar refractivity (Wildman–Crippen MR) is 88.0 cm³/mol. The summed E-state index contributed by atoms with van der Waals surface area (Å²) in [5, 5.41) is 13.8.